The average molecular weight is 234 g/mol. The Balaban J connectivity index is 1.61. The molecule has 4 nitrogen and oxygen atoms in total. The fourth-order valence-corrected chi connectivity index (χ4v) is 2.23. The molecular weight excluding hydrogens is 216 g/mol. The maximum atomic E-state index is 10.2. The highest BCUT2D eigenvalue weighted by Gasteiger charge is 2.29. The molecule has 0 atom stereocenters. The number of carboxylic acid groups (broad SMARTS) is 1. The van der Waals surface area contributed by atoms with Gasteiger partial charge in [-0.05, 0) is 24.3 Å². The Labute approximate surface area is 101 Å². The Morgan fingerprint density at radius 2 is 1.94 bits per heavy atom. The van der Waals surface area contributed by atoms with Gasteiger partial charge in [0.1, 0.15) is 0 Å². The Morgan fingerprint density at radius 3 is 2.59 bits per heavy atom. The lowest BCUT2D eigenvalue weighted by Gasteiger charge is -2.36. The molecule has 0 bridgehead atoms. The van der Waals surface area contributed by atoms with Crippen LogP contribution in [0.1, 0.15) is 24.3 Å². The van der Waals surface area contributed by atoms with Gasteiger partial charge in [0.15, 0.2) is 0 Å². The molecule has 92 valence electrons. The van der Waals surface area contributed by atoms with Crippen LogP contribution in [0.25, 0.3) is 0 Å². The lowest BCUT2D eigenvalue weighted by atomic mass is 9.76. The van der Waals surface area contributed by atoms with Crippen molar-refractivity contribution in [2.45, 2.75) is 24.8 Å². The van der Waals surface area contributed by atoms with E-state index in [0.29, 0.717) is 25.0 Å². The van der Waals surface area contributed by atoms with E-state index in [1.807, 2.05) is 6.07 Å². The van der Waals surface area contributed by atoms with Crippen LogP contribution in [-0.4, -0.2) is 30.3 Å². The van der Waals surface area contributed by atoms with Gasteiger partial charge in [0.2, 0.25) is 0 Å². The molecule has 17 heavy (non-hydrogen) atoms. The first-order valence-corrected chi connectivity index (χ1v) is 6.01. The molecule has 0 radical (unpaired) electrons. The Kier molecular flexibility index (Phi) is 3.98. The van der Waals surface area contributed by atoms with Gasteiger partial charge in [-0.3, -0.25) is 0 Å². The molecule has 0 saturated heterocycles. The zero-order valence-corrected chi connectivity index (χ0v) is 9.73. The number of rotatable bonds is 5. The Bertz CT molecular complexity index is 361. The summed E-state index contributed by atoms with van der Waals surface area (Å²) in [6, 6.07) is 11.1. The van der Waals surface area contributed by atoms with Crippen molar-refractivity contribution < 1.29 is 9.90 Å². The molecule has 0 heterocycles. The van der Waals surface area contributed by atoms with Crippen molar-refractivity contribution in [2.75, 3.05) is 13.1 Å². The van der Waals surface area contributed by atoms with Crippen LogP contribution in [0.3, 0.4) is 0 Å². The van der Waals surface area contributed by atoms with Crippen molar-refractivity contribution in [3.63, 3.8) is 0 Å². The topological polar surface area (TPSA) is 61.4 Å². The van der Waals surface area contributed by atoms with E-state index >= 15 is 0 Å². The normalized spacial score (nSPS) is 22.8. The number of carbonyl (C=O) groups is 1. The third kappa shape index (κ3) is 3.46. The van der Waals surface area contributed by atoms with E-state index in [-0.39, 0.29) is 0 Å². The molecule has 2 rings (SSSR count). The van der Waals surface area contributed by atoms with E-state index in [9.17, 15) is 4.79 Å². The summed E-state index contributed by atoms with van der Waals surface area (Å²) in [5.41, 5.74) is 1.41. The van der Waals surface area contributed by atoms with Gasteiger partial charge in [-0.25, -0.2) is 4.79 Å². The smallest absolute Gasteiger partial charge is 0.404 e. The average Bonchev–Trinajstić information content (AvgIpc) is 2.27. The van der Waals surface area contributed by atoms with Gasteiger partial charge >= 0.3 is 6.09 Å². The number of hydrogen-bond donors (Lipinski definition) is 3. The quantitative estimate of drug-likeness (QED) is 0.681. The molecule has 1 aliphatic rings. The largest absolute Gasteiger partial charge is 0.465 e. The van der Waals surface area contributed by atoms with Crippen molar-refractivity contribution in [1.82, 2.24) is 10.6 Å². The van der Waals surface area contributed by atoms with E-state index in [1.54, 1.807) is 0 Å². The van der Waals surface area contributed by atoms with E-state index < -0.39 is 6.09 Å². The summed E-state index contributed by atoms with van der Waals surface area (Å²) in [4.78, 5) is 10.2. The number of benzene rings is 1. The maximum Gasteiger partial charge on any atom is 0.404 e. The van der Waals surface area contributed by atoms with Crippen LogP contribution in [0.5, 0.6) is 0 Å². The highest BCUT2D eigenvalue weighted by molar-refractivity contribution is 5.64. The van der Waals surface area contributed by atoms with Crippen LogP contribution in [0.4, 0.5) is 4.79 Å². The molecule has 1 fully saturated rings. The second-order valence-corrected chi connectivity index (χ2v) is 4.46. The third-order valence-electron chi connectivity index (χ3n) is 3.24. The maximum absolute atomic E-state index is 10.2. The van der Waals surface area contributed by atoms with Crippen molar-refractivity contribution in [3.8, 4) is 0 Å². The lowest BCUT2D eigenvalue weighted by molar-refractivity contribution is 0.194. The predicted octanol–water partition coefficient (Wildman–Crippen LogP) is 1.79. The summed E-state index contributed by atoms with van der Waals surface area (Å²) < 4.78 is 0. The van der Waals surface area contributed by atoms with E-state index in [4.69, 9.17) is 5.11 Å². The molecule has 4 heteroatoms. The minimum Gasteiger partial charge on any atom is -0.465 e. The predicted molar refractivity (Wildman–Crippen MR) is 66.2 cm³/mol. The van der Waals surface area contributed by atoms with Gasteiger partial charge in [-0.15, -0.1) is 0 Å². The zero-order valence-electron chi connectivity index (χ0n) is 9.73. The first-order valence-electron chi connectivity index (χ1n) is 6.01. The minimum absolute atomic E-state index is 0.474. The lowest BCUT2D eigenvalue weighted by Crippen LogP contribution is -2.43. The second kappa shape index (κ2) is 5.68. The Morgan fingerprint density at radius 1 is 1.24 bits per heavy atom. The van der Waals surface area contributed by atoms with Gasteiger partial charge < -0.3 is 15.7 Å². The van der Waals surface area contributed by atoms with Gasteiger partial charge in [0.25, 0.3) is 0 Å². The zero-order chi connectivity index (χ0) is 12.1. The molecule has 1 saturated carbocycles. The van der Waals surface area contributed by atoms with Crippen LogP contribution in [0.15, 0.2) is 30.3 Å². The van der Waals surface area contributed by atoms with E-state index in [2.05, 4.69) is 34.9 Å². The van der Waals surface area contributed by atoms with Gasteiger partial charge in [-0.2, -0.15) is 0 Å². The summed E-state index contributed by atoms with van der Waals surface area (Å²) in [7, 11) is 0. The summed E-state index contributed by atoms with van der Waals surface area (Å²) >= 11 is 0. The third-order valence-corrected chi connectivity index (χ3v) is 3.24. The summed E-state index contributed by atoms with van der Waals surface area (Å²) in [6.07, 6.45) is 1.34. The second-order valence-electron chi connectivity index (χ2n) is 4.46. The van der Waals surface area contributed by atoms with Crippen molar-refractivity contribution >= 4 is 6.09 Å². The first kappa shape index (κ1) is 11.9. The summed E-state index contributed by atoms with van der Waals surface area (Å²) in [6.45, 7) is 1.18. The minimum atomic E-state index is -0.956. The van der Waals surface area contributed by atoms with Gasteiger partial charge in [-0.1, -0.05) is 30.3 Å². The monoisotopic (exact) mass is 234 g/mol. The highest BCUT2D eigenvalue weighted by Crippen LogP contribution is 2.36. The summed E-state index contributed by atoms with van der Waals surface area (Å²) in [5, 5.41) is 14.1. The van der Waals surface area contributed by atoms with Crippen molar-refractivity contribution in [3.05, 3.63) is 35.9 Å². The fraction of sp³-hybridized carbons (Fsp3) is 0.462. The van der Waals surface area contributed by atoms with Gasteiger partial charge in [0, 0.05) is 19.1 Å². The van der Waals surface area contributed by atoms with Gasteiger partial charge in [0.05, 0.1) is 0 Å². The molecule has 0 unspecified atom stereocenters. The molecule has 1 aromatic rings. The molecule has 1 amide bonds. The molecule has 1 aromatic carbocycles. The van der Waals surface area contributed by atoms with Crippen LogP contribution in [0.2, 0.25) is 0 Å². The highest BCUT2D eigenvalue weighted by atomic mass is 16.4. The van der Waals surface area contributed by atoms with Crippen molar-refractivity contribution in [1.29, 1.82) is 0 Å². The SMILES string of the molecule is O=C(O)NCCNC1CC(c2ccccc2)C1. The number of amides is 1. The molecule has 3 N–H and O–H groups in total. The Hall–Kier alpha value is -1.55. The number of hydrogen-bond acceptors (Lipinski definition) is 2. The first-order chi connectivity index (χ1) is 8.25. The van der Waals surface area contributed by atoms with Crippen LogP contribution in [-0.2, 0) is 0 Å². The molecule has 0 aromatic heterocycles. The molecule has 0 aliphatic heterocycles. The van der Waals surface area contributed by atoms with Crippen molar-refractivity contribution in [2.24, 2.45) is 0 Å². The molecule has 0 spiro atoms. The van der Waals surface area contributed by atoms with E-state index in [0.717, 1.165) is 12.8 Å². The van der Waals surface area contributed by atoms with E-state index in [1.165, 1.54) is 5.56 Å². The van der Waals surface area contributed by atoms with Crippen LogP contribution in [0, 0.1) is 0 Å². The number of nitrogens with one attached hydrogen (secondary N) is 2. The summed E-state index contributed by atoms with van der Waals surface area (Å²) in [5.74, 6) is 0.668. The van der Waals surface area contributed by atoms with Crippen LogP contribution >= 0.6 is 0 Å². The molecule has 1 aliphatic carbocycles. The standard InChI is InChI=1S/C13H18N2O2/c16-13(17)15-7-6-14-12-8-11(9-12)10-4-2-1-3-5-10/h1-5,11-12,14-15H,6-9H2,(H,16,17). The van der Waals surface area contributed by atoms with Crippen LogP contribution < -0.4 is 10.6 Å². The fourth-order valence-electron chi connectivity index (χ4n) is 2.23. The molecular formula is C13H18N2O2.